The zero-order valence-electron chi connectivity index (χ0n) is 49.0. The van der Waals surface area contributed by atoms with Crippen LogP contribution in [0, 0.1) is 0 Å². The van der Waals surface area contributed by atoms with E-state index in [-0.39, 0.29) is 31.1 Å². The third-order valence-corrected chi connectivity index (χ3v) is 13.2. The van der Waals surface area contributed by atoms with Crippen LogP contribution in [-0.4, -0.2) is 37.2 Å². The molecule has 6 heteroatoms. The van der Waals surface area contributed by atoms with Gasteiger partial charge in [-0.2, -0.15) is 0 Å². The molecule has 0 fully saturated rings. The van der Waals surface area contributed by atoms with Gasteiger partial charge in [0.2, 0.25) is 0 Å². The summed E-state index contributed by atoms with van der Waals surface area (Å²) in [6, 6.07) is 0. The summed E-state index contributed by atoms with van der Waals surface area (Å²) in [5.74, 6) is -0.907. The number of hydrogen-bond donors (Lipinski definition) is 0. The Hall–Kier alpha value is -3.93. The van der Waals surface area contributed by atoms with E-state index in [0.29, 0.717) is 19.3 Å². The van der Waals surface area contributed by atoms with Gasteiger partial charge in [0.25, 0.3) is 0 Å². The molecular weight excluding hydrogens is 925 g/mol. The van der Waals surface area contributed by atoms with Gasteiger partial charge in [0.1, 0.15) is 13.2 Å². The fourth-order valence-electron chi connectivity index (χ4n) is 8.53. The van der Waals surface area contributed by atoms with Crippen LogP contribution in [0.1, 0.15) is 290 Å². The molecule has 0 radical (unpaired) electrons. The first-order valence-electron chi connectivity index (χ1n) is 31.4. The van der Waals surface area contributed by atoms with Crippen LogP contribution in [0.15, 0.2) is 109 Å². The molecule has 0 N–H and O–H groups in total. The minimum Gasteiger partial charge on any atom is -0.462 e. The third-order valence-electron chi connectivity index (χ3n) is 13.2. The second-order valence-corrected chi connectivity index (χ2v) is 20.6. The van der Waals surface area contributed by atoms with Crippen LogP contribution in [0.2, 0.25) is 0 Å². The van der Waals surface area contributed by atoms with Crippen molar-refractivity contribution in [3.63, 3.8) is 0 Å². The van der Waals surface area contributed by atoms with Crippen molar-refractivity contribution in [2.45, 2.75) is 297 Å². The van der Waals surface area contributed by atoms with E-state index in [0.717, 1.165) is 122 Å². The summed E-state index contributed by atoms with van der Waals surface area (Å²) >= 11 is 0. The third kappa shape index (κ3) is 60.8. The molecule has 0 saturated heterocycles. The largest absolute Gasteiger partial charge is 0.462 e. The average Bonchev–Trinajstić information content (AvgIpc) is 3.41. The molecule has 0 aromatic rings. The summed E-state index contributed by atoms with van der Waals surface area (Å²) in [6.07, 6.45) is 85.1. The van der Waals surface area contributed by atoms with Crippen molar-refractivity contribution in [1.29, 1.82) is 0 Å². The maximum Gasteiger partial charge on any atom is 0.306 e. The molecule has 0 aliphatic rings. The Morgan fingerprint density at radius 3 is 0.853 bits per heavy atom. The van der Waals surface area contributed by atoms with E-state index in [1.165, 1.54) is 128 Å². The number of esters is 3. The van der Waals surface area contributed by atoms with E-state index in [1.807, 2.05) is 0 Å². The lowest BCUT2D eigenvalue weighted by molar-refractivity contribution is -0.167. The summed E-state index contributed by atoms with van der Waals surface area (Å²) in [5.41, 5.74) is 0. The Balaban J connectivity index is 4.35. The SMILES string of the molecule is CC/C=C\C/C=C\C/C=C\C/C=C\C/C=C\C/C=C\CCCCCCCCCCC(=O)OCC(COC(=O)CCCCCCC/C=C\CCCCCC)OC(=O)CCCCCCCCC/C=C\C/C=C\CCCCC. The van der Waals surface area contributed by atoms with Gasteiger partial charge in [-0.25, -0.2) is 0 Å². The Morgan fingerprint density at radius 1 is 0.280 bits per heavy atom. The van der Waals surface area contributed by atoms with Crippen molar-refractivity contribution in [2.75, 3.05) is 13.2 Å². The number of carbonyl (C=O) groups is 3. The topological polar surface area (TPSA) is 78.9 Å². The molecule has 6 nitrogen and oxygen atoms in total. The highest BCUT2D eigenvalue weighted by Crippen LogP contribution is 2.15. The van der Waals surface area contributed by atoms with Crippen LogP contribution in [0.3, 0.4) is 0 Å². The van der Waals surface area contributed by atoms with Gasteiger partial charge in [-0.15, -0.1) is 0 Å². The van der Waals surface area contributed by atoms with Gasteiger partial charge in [0.05, 0.1) is 0 Å². The van der Waals surface area contributed by atoms with Crippen LogP contribution in [0.5, 0.6) is 0 Å². The summed E-state index contributed by atoms with van der Waals surface area (Å²) in [7, 11) is 0. The fourth-order valence-corrected chi connectivity index (χ4v) is 8.53. The molecular formula is C69H116O6. The molecule has 0 aromatic heterocycles. The smallest absolute Gasteiger partial charge is 0.306 e. The lowest BCUT2D eigenvalue weighted by Gasteiger charge is -2.18. The van der Waals surface area contributed by atoms with Gasteiger partial charge in [0, 0.05) is 19.3 Å². The van der Waals surface area contributed by atoms with E-state index in [1.54, 1.807) is 0 Å². The van der Waals surface area contributed by atoms with E-state index < -0.39 is 6.10 Å². The molecule has 0 spiro atoms. The molecule has 75 heavy (non-hydrogen) atoms. The predicted molar refractivity (Wildman–Crippen MR) is 325 cm³/mol. The first-order valence-corrected chi connectivity index (χ1v) is 31.4. The minimum atomic E-state index is -0.791. The average molecular weight is 1040 g/mol. The molecule has 0 aromatic carbocycles. The van der Waals surface area contributed by atoms with Crippen LogP contribution >= 0.6 is 0 Å². The predicted octanol–water partition coefficient (Wildman–Crippen LogP) is 21.4. The molecule has 428 valence electrons. The zero-order valence-corrected chi connectivity index (χ0v) is 49.0. The van der Waals surface area contributed by atoms with Gasteiger partial charge < -0.3 is 14.2 Å². The Morgan fingerprint density at radius 2 is 0.520 bits per heavy atom. The molecule has 0 aliphatic heterocycles. The summed E-state index contributed by atoms with van der Waals surface area (Å²) in [5, 5.41) is 0. The van der Waals surface area contributed by atoms with Crippen LogP contribution in [0.4, 0.5) is 0 Å². The van der Waals surface area contributed by atoms with Crippen molar-refractivity contribution >= 4 is 17.9 Å². The van der Waals surface area contributed by atoms with Crippen molar-refractivity contribution < 1.29 is 28.6 Å². The number of hydrogen-bond acceptors (Lipinski definition) is 6. The molecule has 0 heterocycles. The molecule has 1 atom stereocenters. The van der Waals surface area contributed by atoms with Gasteiger partial charge in [0.15, 0.2) is 6.10 Å². The number of rotatable bonds is 56. The lowest BCUT2D eigenvalue weighted by Crippen LogP contribution is -2.30. The van der Waals surface area contributed by atoms with Gasteiger partial charge in [-0.1, -0.05) is 252 Å². The second kappa shape index (κ2) is 62.6. The van der Waals surface area contributed by atoms with Gasteiger partial charge in [-0.05, 0) is 128 Å². The highest BCUT2D eigenvalue weighted by Gasteiger charge is 2.19. The normalized spacial score (nSPS) is 12.8. The summed E-state index contributed by atoms with van der Waals surface area (Å²) in [4.78, 5) is 38.3. The Kier molecular flexibility index (Phi) is 59.3. The molecule has 0 amide bonds. The van der Waals surface area contributed by atoms with Crippen LogP contribution < -0.4 is 0 Å². The van der Waals surface area contributed by atoms with Crippen molar-refractivity contribution in [3.8, 4) is 0 Å². The standard InChI is InChI=1S/C69H116O6/c1-4-7-10-13-16-19-22-25-27-29-30-31-32-33-34-35-36-37-38-40-41-44-47-50-53-56-59-62-68(71)74-65-66(64-73-67(70)61-58-55-52-49-46-43-24-21-18-15-12-9-6-3)75-69(72)63-60-57-54-51-48-45-42-39-28-26-23-20-17-14-11-8-5-2/h7,10,16-17,19-21,24-28,30-31,33-34,36-37,66H,4-6,8-9,11-15,18,22-23,29,32,35,38-65H2,1-3H3/b10-7-,19-16-,20-17-,24-21-,27-25-,28-26-,31-30-,34-33-,37-36-. The maximum absolute atomic E-state index is 12.9. The Bertz CT molecular complexity index is 1520. The molecule has 0 bridgehead atoms. The monoisotopic (exact) mass is 1040 g/mol. The van der Waals surface area contributed by atoms with Gasteiger partial charge in [-0.3, -0.25) is 14.4 Å². The number of carbonyl (C=O) groups excluding carboxylic acids is 3. The maximum atomic E-state index is 12.9. The van der Waals surface area contributed by atoms with E-state index in [4.69, 9.17) is 14.2 Å². The Labute approximate surface area is 463 Å². The van der Waals surface area contributed by atoms with E-state index >= 15 is 0 Å². The summed E-state index contributed by atoms with van der Waals surface area (Å²) in [6.45, 7) is 6.48. The number of unbranched alkanes of at least 4 members (excludes halogenated alkanes) is 27. The van der Waals surface area contributed by atoms with Crippen LogP contribution in [0.25, 0.3) is 0 Å². The molecule has 1 unspecified atom stereocenters. The number of ether oxygens (including phenoxy) is 3. The highest BCUT2D eigenvalue weighted by molar-refractivity contribution is 5.71. The van der Waals surface area contributed by atoms with Crippen molar-refractivity contribution in [3.05, 3.63) is 109 Å². The quantitative estimate of drug-likeness (QED) is 0.0261. The molecule has 0 rings (SSSR count). The minimum absolute atomic E-state index is 0.0883. The first-order chi connectivity index (χ1) is 37.0. The second-order valence-electron chi connectivity index (χ2n) is 20.6. The first kappa shape index (κ1) is 71.1. The van der Waals surface area contributed by atoms with Crippen molar-refractivity contribution in [1.82, 2.24) is 0 Å². The lowest BCUT2D eigenvalue weighted by atomic mass is 10.1. The zero-order chi connectivity index (χ0) is 54.3. The van der Waals surface area contributed by atoms with Gasteiger partial charge >= 0.3 is 17.9 Å². The highest BCUT2D eigenvalue weighted by atomic mass is 16.6. The van der Waals surface area contributed by atoms with Crippen LogP contribution in [-0.2, 0) is 28.6 Å². The fraction of sp³-hybridized carbons (Fsp3) is 0.696. The summed E-state index contributed by atoms with van der Waals surface area (Å²) < 4.78 is 16.9. The van der Waals surface area contributed by atoms with Crippen molar-refractivity contribution in [2.24, 2.45) is 0 Å². The van der Waals surface area contributed by atoms with E-state index in [9.17, 15) is 14.4 Å². The molecule has 0 saturated carbocycles. The number of allylic oxidation sites excluding steroid dienone is 18. The van der Waals surface area contributed by atoms with E-state index in [2.05, 4.69) is 130 Å². The molecule has 0 aliphatic carbocycles.